The van der Waals surface area contributed by atoms with Crippen LogP contribution in [-0.2, 0) is 5.88 Å². The third-order valence-corrected chi connectivity index (χ3v) is 1.91. The van der Waals surface area contributed by atoms with E-state index in [1.54, 1.807) is 0 Å². The van der Waals surface area contributed by atoms with Crippen LogP contribution in [0.25, 0.3) is 0 Å². The number of H-pyrrole nitrogens is 1. The van der Waals surface area contributed by atoms with Crippen LogP contribution in [0.5, 0.6) is 5.88 Å². The Kier molecular flexibility index (Phi) is 3.58. The van der Waals surface area contributed by atoms with E-state index in [0.29, 0.717) is 0 Å². The molecule has 88 valence electrons. The zero-order valence-corrected chi connectivity index (χ0v) is 8.35. The second-order valence-electron chi connectivity index (χ2n) is 2.68. The molecule has 1 N–H and O–H groups in total. The van der Waals surface area contributed by atoms with E-state index < -0.39 is 29.1 Å². The Morgan fingerprint density at radius 2 is 2.12 bits per heavy atom. The summed E-state index contributed by atoms with van der Waals surface area (Å²) in [7, 11) is 0. The first-order valence-corrected chi connectivity index (χ1v) is 4.44. The monoisotopic (exact) mass is 255 g/mol. The molecule has 8 heteroatoms. The average Bonchev–Trinajstić information content (AvgIpc) is 2.16. The smallest absolute Gasteiger partial charge is 0.389 e. The molecule has 0 aromatic carbocycles. The average molecular weight is 256 g/mol. The number of ether oxygens (including phenoxy) is 1. The Morgan fingerprint density at radius 3 is 2.56 bits per heavy atom. The van der Waals surface area contributed by atoms with Crippen molar-refractivity contribution in [3.8, 4) is 5.88 Å². The van der Waals surface area contributed by atoms with Gasteiger partial charge >= 0.3 is 6.36 Å². The molecule has 0 fully saturated rings. The molecule has 0 saturated carbocycles. The highest BCUT2D eigenvalue weighted by Gasteiger charge is 2.33. The molecule has 0 bridgehead atoms. The number of pyridine rings is 1. The van der Waals surface area contributed by atoms with Gasteiger partial charge in [0, 0.05) is 6.20 Å². The van der Waals surface area contributed by atoms with Gasteiger partial charge in [-0.1, -0.05) is 0 Å². The quantitative estimate of drug-likeness (QED) is 0.662. The molecule has 1 rings (SSSR count). The third kappa shape index (κ3) is 2.75. The highest BCUT2D eigenvalue weighted by molar-refractivity contribution is 6.17. The predicted octanol–water partition coefficient (Wildman–Crippen LogP) is 1.82. The van der Waals surface area contributed by atoms with Gasteiger partial charge in [-0.3, -0.25) is 9.59 Å². The second-order valence-corrected chi connectivity index (χ2v) is 2.95. The fourth-order valence-corrected chi connectivity index (χ4v) is 1.23. The van der Waals surface area contributed by atoms with E-state index in [2.05, 4.69) is 4.74 Å². The number of alkyl halides is 4. The molecule has 0 radical (unpaired) electrons. The molecule has 1 aromatic rings. The summed E-state index contributed by atoms with van der Waals surface area (Å²) in [4.78, 5) is 23.8. The Labute approximate surface area is 92.0 Å². The van der Waals surface area contributed by atoms with Crippen LogP contribution in [0.1, 0.15) is 15.9 Å². The number of hydrogen-bond acceptors (Lipinski definition) is 3. The van der Waals surface area contributed by atoms with E-state index >= 15 is 0 Å². The number of hydrogen-bond donors (Lipinski definition) is 1. The zero-order chi connectivity index (χ0) is 12.3. The summed E-state index contributed by atoms with van der Waals surface area (Å²) in [6, 6.07) is 0. The van der Waals surface area contributed by atoms with Gasteiger partial charge in [0.2, 0.25) is 5.88 Å². The van der Waals surface area contributed by atoms with Crippen molar-refractivity contribution in [3.63, 3.8) is 0 Å². The fraction of sp³-hybridized carbons (Fsp3) is 0.250. The highest BCUT2D eigenvalue weighted by atomic mass is 35.5. The van der Waals surface area contributed by atoms with Crippen LogP contribution in [0, 0.1) is 0 Å². The van der Waals surface area contributed by atoms with Crippen LogP contribution >= 0.6 is 11.6 Å². The van der Waals surface area contributed by atoms with Crippen LogP contribution in [0.3, 0.4) is 0 Å². The molecule has 0 aliphatic heterocycles. The summed E-state index contributed by atoms with van der Waals surface area (Å²) in [5.41, 5.74) is -1.64. The highest BCUT2D eigenvalue weighted by Crippen LogP contribution is 2.23. The van der Waals surface area contributed by atoms with Gasteiger partial charge in [0.25, 0.3) is 0 Å². The number of rotatable bonds is 3. The largest absolute Gasteiger partial charge is 0.574 e. The standard InChI is InChI=1S/C8H5ClF3NO3/c9-1-5-6(15)4(3-14)2-13-7(5)16-8(10,11)12/h2-3H,1H2,(H,13,15). The summed E-state index contributed by atoms with van der Waals surface area (Å²) in [6.07, 6.45) is -3.90. The zero-order valence-electron chi connectivity index (χ0n) is 7.60. The van der Waals surface area contributed by atoms with Gasteiger partial charge < -0.3 is 9.72 Å². The molecule has 1 heterocycles. The number of carbonyl (C=O) groups excluding carboxylic acids is 1. The van der Waals surface area contributed by atoms with Crippen molar-refractivity contribution in [1.82, 2.24) is 4.98 Å². The van der Waals surface area contributed by atoms with Gasteiger partial charge in [0.15, 0.2) is 11.7 Å². The van der Waals surface area contributed by atoms with E-state index in [1.807, 2.05) is 4.98 Å². The van der Waals surface area contributed by atoms with Gasteiger partial charge in [-0.25, -0.2) is 0 Å². The summed E-state index contributed by atoms with van der Waals surface area (Å²) in [5.74, 6) is -1.30. The SMILES string of the molecule is O=Cc1c[nH]c(OC(F)(F)F)c(CCl)c1=O. The Hall–Kier alpha value is -1.50. The summed E-state index contributed by atoms with van der Waals surface area (Å²) in [6.45, 7) is 0. The topological polar surface area (TPSA) is 59.2 Å². The molecular weight excluding hydrogens is 251 g/mol. The van der Waals surface area contributed by atoms with Crippen molar-refractivity contribution in [1.29, 1.82) is 0 Å². The minimum Gasteiger partial charge on any atom is -0.389 e. The Morgan fingerprint density at radius 1 is 1.50 bits per heavy atom. The molecule has 16 heavy (non-hydrogen) atoms. The molecule has 4 nitrogen and oxygen atoms in total. The molecule has 0 aliphatic rings. The van der Waals surface area contributed by atoms with Crippen LogP contribution in [0.2, 0.25) is 0 Å². The number of carbonyl (C=O) groups is 1. The van der Waals surface area contributed by atoms with E-state index in [0.717, 1.165) is 6.20 Å². The molecule has 0 spiro atoms. The maximum Gasteiger partial charge on any atom is 0.574 e. The van der Waals surface area contributed by atoms with Crippen LogP contribution in [-0.4, -0.2) is 17.6 Å². The Bertz CT molecular complexity index is 455. The van der Waals surface area contributed by atoms with Crippen molar-refractivity contribution in [2.45, 2.75) is 12.2 Å². The first kappa shape index (κ1) is 12.6. The van der Waals surface area contributed by atoms with Crippen molar-refractivity contribution in [3.05, 3.63) is 27.5 Å². The molecule has 0 amide bonds. The maximum atomic E-state index is 11.9. The second kappa shape index (κ2) is 4.56. The summed E-state index contributed by atoms with van der Waals surface area (Å²) < 4.78 is 39.3. The van der Waals surface area contributed by atoms with Gasteiger partial charge in [-0.05, 0) is 0 Å². The maximum absolute atomic E-state index is 11.9. The Balaban J connectivity index is 3.27. The van der Waals surface area contributed by atoms with Gasteiger partial charge in [-0.15, -0.1) is 24.8 Å². The number of aldehydes is 1. The lowest BCUT2D eigenvalue weighted by molar-refractivity contribution is -0.276. The fourth-order valence-electron chi connectivity index (χ4n) is 0.989. The summed E-state index contributed by atoms with van der Waals surface area (Å²) in [5, 5.41) is 0. The van der Waals surface area contributed by atoms with E-state index in [4.69, 9.17) is 11.6 Å². The van der Waals surface area contributed by atoms with E-state index in [9.17, 15) is 22.8 Å². The lowest BCUT2D eigenvalue weighted by atomic mass is 10.2. The number of aromatic amines is 1. The molecule has 0 saturated heterocycles. The third-order valence-electron chi connectivity index (χ3n) is 1.65. The minimum absolute atomic E-state index is 0.215. The number of halogens is 4. The lowest BCUT2D eigenvalue weighted by Gasteiger charge is -2.11. The molecular formula is C8H5ClF3NO3. The molecule has 0 atom stereocenters. The van der Waals surface area contributed by atoms with Crippen LogP contribution in [0.4, 0.5) is 13.2 Å². The summed E-state index contributed by atoms with van der Waals surface area (Å²) >= 11 is 5.31. The van der Waals surface area contributed by atoms with Crippen LogP contribution in [0.15, 0.2) is 11.0 Å². The van der Waals surface area contributed by atoms with Crippen molar-refractivity contribution in [2.75, 3.05) is 0 Å². The number of nitrogens with one attached hydrogen (secondary N) is 1. The van der Waals surface area contributed by atoms with Gasteiger partial charge in [0.05, 0.1) is 17.0 Å². The van der Waals surface area contributed by atoms with E-state index in [1.165, 1.54) is 0 Å². The lowest BCUT2D eigenvalue weighted by Crippen LogP contribution is -2.23. The molecule has 0 aliphatic carbocycles. The number of aromatic nitrogens is 1. The first-order valence-electron chi connectivity index (χ1n) is 3.90. The van der Waals surface area contributed by atoms with Crippen molar-refractivity contribution in [2.24, 2.45) is 0 Å². The minimum atomic E-state index is -4.94. The van der Waals surface area contributed by atoms with Crippen molar-refractivity contribution >= 4 is 17.9 Å². The van der Waals surface area contributed by atoms with Gasteiger partial charge in [0.1, 0.15) is 0 Å². The van der Waals surface area contributed by atoms with Crippen LogP contribution < -0.4 is 10.2 Å². The normalized spacial score (nSPS) is 11.2. The molecule has 1 aromatic heterocycles. The first-order chi connectivity index (χ1) is 7.39. The molecule has 0 unspecified atom stereocenters. The predicted molar refractivity (Wildman–Crippen MR) is 48.7 cm³/mol. The van der Waals surface area contributed by atoms with E-state index in [-0.39, 0.29) is 11.8 Å². The van der Waals surface area contributed by atoms with Gasteiger partial charge in [-0.2, -0.15) is 0 Å². The van der Waals surface area contributed by atoms with Crippen molar-refractivity contribution < 1.29 is 22.7 Å².